The fraction of sp³-hybridized carbons (Fsp3) is 0.630. The first-order chi connectivity index (χ1) is 16.5. The molecule has 2 amide bonds. The van der Waals surface area contributed by atoms with Crippen LogP contribution in [-0.4, -0.2) is 32.3 Å². The van der Waals surface area contributed by atoms with Crippen molar-refractivity contribution in [2.24, 2.45) is 0 Å². The number of urea groups is 1. The van der Waals surface area contributed by atoms with Crippen molar-refractivity contribution in [1.29, 1.82) is 0 Å². The second-order valence-electron chi connectivity index (χ2n) is 8.63. The minimum Gasteiger partial charge on any atom is -0.493 e. The molecule has 0 spiro atoms. The molecule has 0 saturated heterocycles. The van der Waals surface area contributed by atoms with Crippen molar-refractivity contribution < 1.29 is 23.8 Å². The zero-order valence-electron chi connectivity index (χ0n) is 21.3. The second-order valence-corrected chi connectivity index (χ2v) is 8.63. The van der Waals surface area contributed by atoms with Gasteiger partial charge in [-0.15, -0.1) is 0 Å². The summed E-state index contributed by atoms with van der Waals surface area (Å²) in [5, 5.41) is 5.68. The number of nitrogens with one attached hydrogen (secondary N) is 2. The zero-order valence-corrected chi connectivity index (χ0v) is 21.3. The van der Waals surface area contributed by atoms with E-state index in [2.05, 4.69) is 24.5 Å². The largest absolute Gasteiger partial charge is 0.493 e. The Bertz CT molecular complexity index is 821. The lowest BCUT2D eigenvalue weighted by atomic mass is 9.93. The summed E-state index contributed by atoms with van der Waals surface area (Å²) in [6.07, 6.45) is 11.0. The first-order valence-electron chi connectivity index (χ1n) is 12.8. The Morgan fingerprint density at radius 1 is 0.941 bits per heavy atom. The number of amides is 2. The van der Waals surface area contributed by atoms with Gasteiger partial charge in [0.25, 0.3) is 0 Å². The minimum atomic E-state index is -0.620. The summed E-state index contributed by atoms with van der Waals surface area (Å²) in [5.74, 6) is 0.807. The van der Waals surface area contributed by atoms with Crippen molar-refractivity contribution in [3.8, 4) is 11.5 Å². The third-order valence-corrected chi connectivity index (χ3v) is 5.96. The minimum absolute atomic E-state index is 0.263. The van der Waals surface area contributed by atoms with E-state index < -0.39 is 12.0 Å². The van der Waals surface area contributed by atoms with Gasteiger partial charge in [-0.25, -0.2) is 9.59 Å². The van der Waals surface area contributed by atoms with E-state index in [0.717, 1.165) is 31.2 Å². The molecule has 1 aromatic rings. The van der Waals surface area contributed by atoms with E-state index in [1.807, 2.05) is 18.2 Å². The Labute approximate surface area is 204 Å². The van der Waals surface area contributed by atoms with Crippen LogP contribution in [0.25, 0.3) is 0 Å². The molecule has 1 heterocycles. The Kier molecular flexibility index (Phi) is 12.4. The molecule has 7 nitrogen and oxygen atoms in total. The van der Waals surface area contributed by atoms with Gasteiger partial charge in [-0.2, -0.15) is 0 Å². The third kappa shape index (κ3) is 8.26. The highest BCUT2D eigenvalue weighted by molar-refractivity contribution is 5.95. The number of carbonyl (C=O) groups excluding carboxylic acids is 2. The van der Waals surface area contributed by atoms with Gasteiger partial charge in [-0.05, 0) is 43.9 Å². The number of rotatable bonds is 16. The van der Waals surface area contributed by atoms with Gasteiger partial charge in [0.2, 0.25) is 0 Å². The highest BCUT2D eigenvalue weighted by atomic mass is 16.5. The molecule has 0 bridgehead atoms. The van der Waals surface area contributed by atoms with E-state index in [-0.39, 0.29) is 12.6 Å². The molecule has 0 aliphatic carbocycles. The van der Waals surface area contributed by atoms with E-state index in [1.54, 1.807) is 14.0 Å². The van der Waals surface area contributed by atoms with Gasteiger partial charge in [0.1, 0.15) is 0 Å². The molecule has 190 valence electrons. The van der Waals surface area contributed by atoms with Gasteiger partial charge < -0.3 is 24.8 Å². The maximum Gasteiger partial charge on any atom is 0.338 e. The molecule has 0 radical (unpaired) electrons. The van der Waals surface area contributed by atoms with E-state index in [4.69, 9.17) is 14.2 Å². The molecule has 1 aromatic carbocycles. The van der Waals surface area contributed by atoms with Crippen molar-refractivity contribution in [1.82, 2.24) is 10.6 Å². The number of allylic oxidation sites excluding steroid dienone is 1. The van der Waals surface area contributed by atoms with Crippen LogP contribution in [-0.2, 0) is 9.53 Å². The first kappa shape index (κ1) is 27.5. The molecule has 34 heavy (non-hydrogen) atoms. The summed E-state index contributed by atoms with van der Waals surface area (Å²) < 4.78 is 16.9. The quantitative estimate of drug-likeness (QED) is 0.220. The van der Waals surface area contributed by atoms with Crippen molar-refractivity contribution >= 4 is 12.0 Å². The molecule has 0 aromatic heterocycles. The molecule has 1 unspecified atom stereocenters. The lowest BCUT2D eigenvalue weighted by Crippen LogP contribution is -2.46. The van der Waals surface area contributed by atoms with Crippen LogP contribution in [0, 0.1) is 0 Å². The fourth-order valence-electron chi connectivity index (χ4n) is 4.09. The third-order valence-electron chi connectivity index (χ3n) is 5.96. The molecule has 7 heteroatoms. The molecular weight excluding hydrogens is 432 g/mol. The number of methoxy groups -OCH3 is 1. The average Bonchev–Trinajstić information content (AvgIpc) is 2.84. The highest BCUT2D eigenvalue weighted by Crippen LogP contribution is 2.35. The standard InChI is InChI=1S/C27H42N2O5/c1-5-8-10-11-12-13-14-18-34-22-17-16-20(19-23(22)32-4)25-24(26(30)33-7-3)21(15-9-6-2)28-27(31)29-25/h16-17,19,25H,5-15,18H2,1-4H3,(H2,28,29,31). The number of esters is 1. The maximum atomic E-state index is 12.8. The Hall–Kier alpha value is -2.70. The molecule has 1 aliphatic rings. The lowest BCUT2D eigenvalue weighted by Gasteiger charge is -2.29. The van der Waals surface area contributed by atoms with Gasteiger partial charge in [0, 0.05) is 5.70 Å². The predicted molar refractivity (Wildman–Crippen MR) is 134 cm³/mol. The van der Waals surface area contributed by atoms with Crippen LogP contribution >= 0.6 is 0 Å². The first-order valence-corrected chi connectivity index (χ1v) is 12.8. The number of ether oxygens (including phenoxy) is 3. The van der Waals surface area contributed by atoms with E-state index in [1.165, 1.54) is 32.1 Å². The van der Waals surface area contributed by atoms with Gasteiger partial charge >= 0.3 is 12.0 Å². The van der Waals surface area contributed by atoms with Crippen molar-refractivity contribution in [2.75, 3.05) is 20.3 Å². The molecule has 1 atom stereocenters. The topological polar surface area (TPSA) is 85.9 Å². The van der Waals surface area contributed by atoms with Crippen LogP contribution in [0.2, 0.25) is 0 Å². The summed E-state index contributed by atoms with van der Waals surface area (Å²) in [5.41, 5.74) is 1.80. The van der Waals surface area contributed by atoms with Crippen molar-refractivity contribution in [3.63, 3.8) is 0 Å². The van der Waals surface area contributed by atoms with Crippen LogP contribution < -0.4 is 20.1 Å². The summed E-state index contributed by atoms with van der Waals surface area (Å²) in [7, 11) is 1.59. The van der Waals surface area contributed by atoms with Crippen LogP contribution in [0.5, 0.6) is 11.5 Å². The molecule has 1 aliphatic heterocycles. The summed E-state index contributed by atoms with van der Waals surface area (Å²) in [6, 6.07) is 4.59. The Balaban J connectivity index is 2.14. The van der Waals surface area contributed by atoms with Crippen molar-refractivity contribution in [2.45, 2.75) is 91.0 Å². The molecule has 0 fully saturated rings. The number of hydrogen-bond acceptors (Lipinski definition) is 5. The van der Waals surface area contributed by atoms with Crippen molar-refractivity contribution in [3.05, 3.63) is 35.0 Å². The van der Waals surface area contributed by atoms with Gasteiger partial charge in [-0.3, -0.25) is 0 Å². The van der Waals surface area contributed by atoms with E-state index in [9.17, 15) is 9.59 Å². The van der Waals surface area contributed by atoms with E-state index in [0.29, 0.717) is 35.8 Å². The summed E-state index contributed by atoms with van der Waals surface area (Å²) in [4.78, 5) is 25.2. The lowest BCUT2D eigenvalue weighted by molar-refractivity contribution is -0.139. The Morgan fingerprint density at radius 2 is 1.65 bits per heavy atom. The zero-order chi connectivity index (χ0) is 24.8. The van der Waals surface area contributed by atoms with Gasteiger partial charge in [0.05, 0.1) is 31.9 Å². The average molecular weight is 475 g/mol. The van der Waals surface area contributed by atoms with Crippen LogP contribution in [0.4, 0.5) is 4.79 Å². The fourth-order valence-corrected chi connectivity index (χ4v) is 4.09. The predicted octanol–water partition coefficient (Wildman–Crippen LogP) is 6.19. The van der Waals surface area contributed by atoms with Crippen LogP contribution in [0.3, 0.4) is 0 Å². The number of unbranched alkanes of at least 4 members (excludes halogenated alkanes) is 7. The summed E-state index contributed by atoms with van der Waals surface area (Å²) in [6.45, 7) is 6.96. The van der Waals surface area contributed by atoms with Crippen LogP contribution in [0.15, 0.2) is 29.5 Å². The highest BCUT2D eigenvalue weighted by Gasteiger charge is 2.33. The molecule has 2 N–H and O–H groups in total. The molecular formula is C27H42N2O5. The number of benzene rings is 1. The number of carbonyl (C=O) groups is 2. The SMILES string of the molecule is CCCCCCCCCOc1ccc(C2NC(=O)NC(CCCC)=C2C(=O)OCC)cc1OC. The summed E-state index contributed by atoms with van der Waals surface area (Å²) >= 11 is 0. The monoisotopic (exact) mass is 474 g/mol. The van der Waals surface area contributed by atoms with Gasteiger partial charge in [-0.1, -0.05) is 64.9 Å². The second kappa shape index (κ2) is 15.3. The number of hydrogen-bond donors (Lipinski definition) is 2. The smallest absolute Gasteiger partial charge is 0.338 e. The van der Waals surface area contributed by atoms with Gasteiger partial charge in [0.15, 0.2) is 11.5 Å². The maximum absolute atomic E-state index is 12.8. The molecule has 0 saturated carbocycles. The normalized spacial score (nSPS) is 15.5. The van der Waals surface area contributed by atoms with Crippen LogP contribution in [0.1, 0.15) is 96.6 Å². The van der Waals surface area contributed by atoms with E-state index >= 15 is 0 Å². The Morgan fingerprint density at radius 3 is 2.32 bits per heavy atom. The molecule has 2 rings (SSSR count).